The number of pyridine rings is 1. The van der Waals surface area contributed by atoms with E-state index >= 15 is 0 Å². The number of nitrogens with zero attached hydrogens (tertiary/aromatic N) is 2. The molecule has 2 saturated heterocycles. The molecule has 5 heteroatoms. The number of halogens is 1. The quantitative estimate of drug-likeness (QED) is 0.810. The maximum absolute atomic E-state index is 6.01. The lowest BCUT2D eigenvalue weighted by molar-refractivity contribution is -0.169. The van der Waals surface area contributed by atoms with Gasteiger partial charge in [-0.25, -0.2) is 4.98 Å². The van der Waals surface area contributed by atoms with Crippen LogP contribution in [0.25, 0.3) is 10.9 Å². The largest absolute Gasteiger partial charge is 0.356 e. The Balaban J connectivity index is 1.55. The summed E-state index contributed by atoms with van der Waals surface area (Å²) in [6.45, 7) is 3.25. The highest BCUT2D eigenvalue weighted by Gasteiger charge is 2.39. The van der Waals surface area contributed by atoms with E-state index in [1.165, 1.54) is 0 Å². The summed E-state index contributed by atoms with van der Waals surface area (Å²) in [7, 11) is 0. The Morgan fingerprint density at radius 3 is 2.57 bits per heavy atom. The van der Waals surface area contributed by atoms with Crippen molar-refractivity contribution >= 4 is 28.3 Å². The highest BCUT2D eigenvalue weighted by Crippen LogP contribution is 2.33. The molecular weight excluding hydrogens is 288 g/mol. The van der Waals surface area contributed by atoms with Gasteiger partial charge in [0.25, 0.3) is 0 Å². The number of piperidine rings is 1. The summed E-state index contributed by atoms with van der Waals surface area (Å²) >= 11 is 6.01. The fraction of sp³-hybridized carbons (Fsp3) is 0.438. The van der Waals surface area contributed by atoms with E-state index in [2.05, 4.69) is 17.0 Å². The summed E-state index contributed by atoms with van der Waals surface area (Å²) in [4.78, 5) is 7.04. The van der Waals surface area contributed by atoms with Gasteiger partial charge in [-0.3, -0.25) is 0 Å². The van der Waals surface area contributed by atoms with Gasteiger partial charge in [0.05, 0.1) is 18.7 Å². The molecule has 1 aromatic heterocycles. The number of anilines is 1. The predicted octanol–water partition coefficient (Wildman–Crippen LogP) is 3.23. The van der Waals surface area contributed by atoms with E-state index < -0.39 is 0 Å². The second kappa shape index (κ2) is 5.13. The average Bonchev–Trinajstić information content (AvgIpc) is 2.96. The van der Waals surface area contributed by atoms with Crippen molar-refractivity contribution in [2.75, 3.05) is 31.2 Å². The first-order valence-corrected chi connectivity index (χ1v) is 7.71. The van der Waals surface area contributed by atoms with Gasteiger partial charge >= 0.3 is 0 Å². The van der Waals surface area contributed by atoms with E-state index in [0.29, 0.717) is 0 Å². The van der Waals surface area contributed by atoms with Gasteiger partial charge in [-0.05, 0) is 30.3 Å². The van der Waals surface area contributed by atoms with Crippen LogP contribution in [0.4, 0.5) is 5.82 Å². The van der Waals surface area contributed by atoms with Gasteiger partial charge in [0.15, 0.2) is 5.79 Å². The molecule has 0 N–H and O–H groups in total. The van der Waals surface area contributed by atoms with E-state index in [1.807, 2.05) is 18.2 Å². The van der Waals surface area contributed by atoms with Crippen LogP contribution in [0.3, 0.4) is 0 Å². The van der Waals surface area contributed by atoms with E-state index in [1.54, 1.807) is 0 Å². The maximum atomic E-state index is 6.01. The molecule has 2 aliphatic heterocycles. The van der Waals surface area contributed by atoms with E-state index in [0.717, 1.165) is 60.9 Å². The number of hydrogen-bond acceptors (Lipinski definition) is 4. The van der Waals surface area contributed by atoms with E-state index in [9.17, 15) is 0 Å². The Bertz CT molecular complexity index is 660. The number of fused-ring (bicyclic) bond motifs is 1. The van der Waals surface area contributed by atoms with E-state index in [4.69, 9.17) is 26.1 Å². The molecule has 0 bridgehead atoms. The zero-order chi connectivity index (χ0) is 14.3. The van der Waals surface area contributed by atoms with Crippen molar-refractivity contribution in [2.45, 2.75) is 18.6 Å². The molecule has 4 rings (SSSR count). The van der Waals surface area contributed by atoms with Crippen LogP contribution in [-0.4, -0.2) is 37.1 Å². The minimum Gasteiger partial charge on any atom is -0.356 e. The third-order valence-electron chi connectivity index (χ3n) is 4.30. The highest BCUT2D eigenvalue weighted by atomic mass is 35.5. The lowest BCUT2D eigenvalue weighted by Gasteiger charge is -2.38. The van der Waals surface area contributed by atoms with Gasteiger partial charge in [-0.15, -0.1) is 0 Å². The minimum atomic E-state index is -0.332. The van der Waals surface area contributed by atoms with Crippen LogP contribution in [0.1, 0.15) is 12.8 Å². The van der Waals surface area contributed by atoms with Gasteiger partial charge < -0.3 is 14.4 Å². The number of ether oxygens (including phenoxy) is 2. The number of aromatic nitrogens is 1. The molecule has 0 unspecified atom stereocenters. The molecule has 0 amide bonds. The fourth-order valence-corrected chi connectivity index (χ4v) is 3.30. The molecule has 0 aliphatic carbocycles. The Labute approximate surface area is 128 Å². The van der Waals surface area contributed by atoms with Crippen molar-refractivity contribution in [3.63, 3.8) is 0 Å². The Morgan fingerprint density at radius 1 is 1.05 bits per heavy atom. The van der Waals surface area contributed by atoms with E-state index in [-0.39, 0.29) is 5.79 Å². The predicted molar refractivity (Wildman–Crippen MR) is 82.8 cm³/mol. The third kappa shape index (κ3) is 2.48. The normalized spacial score (nSPS) is 21.3. The number of hydrogen-bond donors (Lipinski definition) is 0. The third-order valence-corrected chi connectivity index (χ3v) is 4.53. The lowest BCUT2D eigenvalue weighted by atomic mass is 10.0. The first-order valence-electron chi connectivity index (χ1n) is 7.33. The summed E-state index contributed by atoms with van der Waals surface area (Å²) in [6.07, 6.45) is 1.79. The van der Waals surface area contributed by atoms with Gasteiger partial charge in [-0.2, -0.15) is 0 Å². The first kappa shape index (κ1) is 13.3. The molecule has 0 saturated carbocycles. The molecule has 0 atom stereocenters. The van der Waals surface area contributed by atoms with Crippen LogP contribution >= 0.6 is 11.6 Å². The second-order valence-corrected chi connectivity index (χ2v) is 6.04. The van der Waals surface area contributed by atoms with Gasteiger partial charge in [0, 0.05) is 36.3 Å². The van der Waals surface area contributed by atoms with Gasteiger partial charge in [-0.1, -0.05) is 11.6 Å². The van der Waals surface area contributed by atoms with Crippen molar-refractivity contribution in [3.05, 3.63) is 35.4 Å². The van der Waals surface area contributed by atoms with Crippen LogP contribution in [0, 0.1) is 0 Å². The first-order chi connectivity index (χ1) is 10.2. The smallest absolute Gasteiger partial charge is 0.171 e. The SMILES string of the molecule is Clc1ccc2nc(N3CCC4(CC3)OCCO4)ccc2c1. The molecule has 2 aliphatic rings. The minimum absolute atomic E-state index is 0.332. The summed E-state index contributed by atoms with van der Waals surface area (Å²) in [5.41, 5.74) is 0.977. The van der Waals surface area contributed by atoms with Crippen molar-refractivity contribution in [1.82, 2.24) is 4.98 Å². The monoisotopic (exact) mass is 304 g/mol. The molecule has 1 spiro atoms. The van der Waals surface area contributed by atoms with Crippen LogP contribution < -0.4 is 4.90 Å². The van der Waals surface area contributed by atoms with Crippen molar-refractivity contribution in [1.29, 1.82) is 0 Å². The number of benzene rings is 1. The van der Waals surface area contributed by atoms with Crippen molar-refractivity contribution in [2.24, 2.45) is 0 Å². The molecule has 3 heterocycles. The Hall–Kier alpha value is -1.36. The van der Waals surface area contributed by atoms with Crippen molar-refractivity contribution in [3.8, 4) is 0 Å². The average molecular weight is 305 g/mol. The second-order valence-electron chi connectivity index (χ2n) is 5.60. The molecule has 21 heavy (non-hydrogen) atoms. The maximum Gasteiger partial charge on any atom is 0.171 e. The molecule has 4 nitrogen and oxygen atoms in total. The zero-order valence-electron chi connectivity index (χ0n) is 11.7. The Kier molecular flexibility index (Phi) is 3.25. The van der Waals surface area contributed by atoms with Crippen LogP contribution in [0.2, 0.25) is 5.02 Å². The lowest BCUT2D eigenvalue weighted by Crippen LogP contribution is -2.45. The number of rotatable bonds is 1. The molecule has 110 valence electrons. The topological polar surface area (TPSA) is 34.6 Å². The fourth-order valence-electron chi connectivity index (χ4n) is 3.12. The van der Waals surface area contributed by atoms with Gasteiger partial charge in [0.2, 0.25) is 0 Å². The highest BCUT2D eigenvalue weighted by molar-refractivity contribution is 6.31. The summed E-state index contributed by atoms with van der Waals surface area (Å²) in [6, 6.07) is 9.93. The summed E-state index contributed by atoms with van der Waals surface area (Å²) in [5, 5.41) is 1.81. The van der Waals surface area contributed by atoms with Gasteiger partial charge in [0.1, 0.15) is 5.82 Å². The van der Waals surface area contributed by atoms with Crippen LogP contribution in [0.15, 0.2) is 30.3 Å². The zero-order valence-corrected chi connectivity index (χ0v) is 12.5. The molecule has 1 aromatic carbocycles. The molecule has 0 radical (unpaired) electrons. The molecular formula is C16H17ClN2O2. The Morgan fingerprint density at radius 2 is 1.81 bits per heavy atom. The molecule has 2 aromatic rings. The standard InChI is InChI=1S/C16H17ClN2O2/c17-13-2-3-14-12(11-13)1-4-15(18-14)19-7-5-16(6-8-19)20-9-10-21-16/h1-4,11H,5-10H2. The van der Waals surface area contributed by atoms with Crippen LogP contribution in [0.5, 0.6) is 0 Å². The van der Waals surface area contributed by atoms with Crippen molar-refractivity contribution < 1.29 is 9.47 Å². The summed E-state index contributed by atoms with van der Waals surface area (Å²) < 4.78 is 11.5. The molecule has 2 fully saturated rings. The summed E-state index contributed by atoms with van der Waals surface area (Å²) in [5.74, 6) is 0.679. The van der Waals surface area contributed by atoms with Crippen LogP contribution in [-0.2, 0) is 9.47 Å².